The summed E-state index contributed by atoms with van der Waals surface area (Å²) in [5.41, 5.74) is 4.28. The zero-order valence-corrected chi connectivity index (χ0v) is 19.5. The van der Waals surface area contributed by atoms with Crippen molar-refractivity contribution >= 4 is 11.1 Å². The largest absolute Gasteiger partial charge is 0.498 e. The van der Waals surface area contributed by atoms with Crippen LogP contribution in [0.4, 0.5) is 0 Å². The van der Waals surface area contributed by atoms with Crippen LogP contribution in [0.5, 0.6) is 11.5 Å². The number of rotatable bonds is 15. The average molecular weight is 443 g/mol. The van der Waals surface area contributed by atoms with E-state index in [1.54, 1.807) is 26.7 Å². The van der Waals surface area contributed by atoms with E-state index in [0.29, 0.717) is 39.6 Å². The first kappa shape index (κ1) is 25.3. The van der Waals surface area contributed by atoms with Crippen LogP contribution in [0.2, 0.25) is 0 Å². The summed E-state index contributed by atoms with van der Waals surface area (Å²) < 4.78 is 32.4. The third kappa shape index (κ3) is 9.45. The van der Waals surface area contributed by atoms with Gasteiger partial charge in [-0.25, -0.2) is 0 Å². The maximum absolute atomic E-state index is 5.55. The molecule has 0 amide bonds. The first-order valence-corrected chi connectivity index (χ1v) is 10.6. The van der Waals surface area contributed by atoms with Gasteiger partial charge in [0.05, 0.1) is 53.2 Å². The SMILES string of the molecule is COc1ccc(/C(C)=C/OCCOCCOCCO/C=C(\C)c2ccc(OC)cc2)cc1. The fourth-order valence-electron chi connectivity index (χ4n) is 2.75. The molecule has 0 saturated carbocycles. The monoisotopic (exact) mass is 442 g/mol. The highest BCUT2D eigenvalue weighted by molar-refractivity contribution is 5.63. The fourth-order valence-corrected chi connectivity index (χ4v) is 2.75. The Kier molecular flexibility index (Phi) is 11.8. The van der Waals surface area contributed by atoms with Crippen LogP contribution in [0.15, 0.2) is 61.1 Å². The van der Waals surface area contributed by atoms with Gasteiger partial charge in [0.15, 0.2) is 0 Å². The summed E-state index contributed by atoms with van der Waals surface area (Å²) in [7, 11) is 3.31. The van der Waals surface area contributed by atoms with Crippen molar-refractivity contribution in [3.63, 3.8) is 0 Å². The number of allylic oxidation sites excluding steroid dienone is 2. The van der Waals surface area contributed by atoms with E-state index >= 15 is 0 Å². The summed E-state index contributed by atoms with van der Waals surface area (Å²) in [6.45, 7) is 7.05. The van der Waals surface area contributed by atoms with Crippen molar-refractivity contribution in [2.45, 2.75) is 13.8 Å². The second-order valence-corrected chi connectivity index (χ2v) is 7.03. The zero-order valence-electron chi connectivity index (χ0n) is 19.5. The van der Waals surface area contributed by atoms with Crippen LogP contribution in [0.3, 0.4) is 0 Å². The molecule has 0 aromatic heterocycles. The van der Waals surface area contributed by atoms with E-state index in [4.69, 9.17) is 28.4 Å². The summed E-state index contributed by atoms with van der Waals surface area (Å²) in [6.07, 6.45) is 3.50. The Hall–Kier alpha value is -2.96. The van der Waals surface area contributed by atoms with Crippen LogP contribution >= 0.6 is 0 Å². The summed E-state index contributed by atoms with van der Waals surface area (Å²) >= 11 is 0. The van der Waals surface area contributed by atoms with Crippen molar-refractivity contribution in [2.75, 3.05) is 53.9 Å². The van der Waals surface area contributed by atoms with Crippen molar-refractivity contribution in [3.8, 4) is 11.5 Å². The summed E-state index contributed by atoms with van der Waals surface area (Å²) in [5.74, 6) is 1.68. The molecule has 0 heterocycles. The molecular formula is C26H34O6. The predicted octanol–water partition coefficient (Wildman–Crippen LogP) is 5.19. The van der Waals surface area contributed by atoms with Gasteiger partial charge in [-0.15, -0.1) is 0 Å². The Morgan fingerprint density at radius 1 is 0.562 bits per heavy atom. The van der Waals surface area contributed by atoms with Gasteiger partial charge in [0.1, 0.15) is 24.7 Å². The van der Waals surface area contributed by atoms with Crippen LogP contribution in [0.25, 0.3) is 11.1 Å². The second kappa shape index (κ2) is 14.9. The molecule has 6 nitrogen and oxygen atoms in total. The lowest BCUT2D eigenvalue weighted by Gasteiger charge is -2.08. The standard InChI is InChI=1S/C26H34O6/c1-21(23-5-9-25(27-3)10-6-23)19-31-17-15-29-13-14-30-16-18-32-20-22(2)24-7-11-26(28-4)12-8-24/h5-12,19-20H,13-18H2,1-4H3/b21-19+,22-20+. The quantitative estimate of drug-likeness (QED) is 0.279. The summed E-state index contributed by atoms with van der Waals surface area (Å²) in [4.78, 5) is 0. The Bertz CT molecular complexity index is 753. The minimum Gasteiger partial charge on any atom is -0.498 e. The molecule has 0 atom stereocenters. The van der Waals surface area contributed by atoms with Crippen LogP contribution in [-0.2, 0) is 18.9 Å². The zero-order chi connectivity index (χ0) is 23.0. The second-order valence-electron chi connectivity index (χ2n) is 7.03. The van der Waals surface area contributed by atoms with E-state index in [9.17, 15) is 0 Å². The van der Waals surface area contributed by atoms with E-state index in [1.807, 2.05) is 62.4 Å². The molecule has 0 spiro atoms. The lowest BCUT2D eigenvalue weighted by atomic mass is 10.1. The van der Waals surface area contributed by atoms with Crippen LogP contribution in [0.1, 0.15) is 25.0 Å². The number of methoxy groups -OCH3 is 2. The number of benzene rings is 2. The van der Waals surface area contributed by atoms with Crippen molar-refractivity contribution < 1.29 is 28.4 Å². The highest BCUT2D eigenvalue weighted by Crippen LogP contribution is 2.19. The minimum absolute atomic E-state index is 0.492. The number of hydrogen-bond donors (Lipinski definition) is 0. The average Bonchev–Trinajstić information content (AvgIpc) is 2.84. The molecule has 0 aliphatic carbocycles. The lowest BCUT2D eigenvalue weighted by Crippen LogP contribution is -2.10. The van der Waals surface area contributed by atoms with Crippen LogP contribution in [0, 0.1) is 0 Å². The summed E-state index contributed by atoms with van der Waals surface area (Å²) in [6, 6.07) is 15.7. The van der Waals surface area contributed by atoms with Gasteiger partial charge in [-0.1, -0.05) is 24.3 Å². The molecule has 2 aromatic rings. The first-order chi connectivity index (χ1) is 15.6. The Morgan fingerprint density at radius 3 is 1.25 bits per heavy atom. The topological polar surface area (TPSA) is 55.4 Å². The third-order valence-electron chi connectivity index (χ3n) is 4.67. The molecular weight excluding hydrogens is 408 g/mol. The molecule has 0 aliphatic rings. The highest BCUT2D eigenvalue weighted by Gasteiger charge is 1.99. The molecule has 0 saturated heterocycles. The van der Waals surface area contributed by atoms with Gasteiger partial charge in [-0.05, 0) is 60.4 Å². The lowest BCUT2D eigenvalue weighted by molar-refractivity contribution is 0.0187. The molecule has 0 aliphatic heterocycles. The molecule has 0 bridgehead atoms. The van der Waals surface area contributed by atoms with Crippen molar-refractivity contribution in [2.24, 2.45) is 0 Å². The Balaban J connectivity index is 1.47. The first-order valence-electron chi connectivity index (χ1n) is 10.6. The van der Waals surface area contributed by atoms with Crippen LogP contribution in [-0.4, -0.2) is 53.9 Å². The van der Waals surface area contributed by atoms with Gasteiger partial charge >= 0.3 is 0 Å². The van der Waals surface area contributed by atoms with Crippen molar-refractivity contribution in [1.82, 2.24) is 0 Å². The van der Waals surface area contributed by atoms with E-state index in [0.717, 1.165) is 33.8 Å². The fraction of sp³-hybridized carbons (Fsp3) is 0.385. The van der Waals surface area contributed by atoms with E-state index in [2.05, 4.69) is 0 Å². The number of hydrogen-bond acceptors (Lipinski definition) is 6. The molecule has 2 rings (SSSR count). The molecule has 6 heteroatoms. The van der Waals surface area contributed by atoms with Crippen molar-refractivity contribution in [3.05, 3.63) is 72.2 Å². The predicted molar refractivity (Wildman–Crippen MR) is 127 cm³/mol. The van der Waals surface area contributed by atoms with Gasteiger partial charge in [0.25, 0.3) is 0 Å². The molecule has 32 heavy (non-hydrogen) atoms. The highest BCUT2D eigenvalue weighted by atomic mass is 16.6. The maximum atomic E-state index is 5.55. The molecule has 0 N–H and O–H groups in total. The van der Waals surface area contributed by atoms with Gasteiger partial charge in [0, 0.05) is 0 Å². The smallest absolute Gasteiger partial charge is 0.118 e. The normalized spacial score (nSPS) is 11.9. The van der Waals surface area contributed by atoms with Gasteiger partial charge in [-0.2, -0.15) is 0 Å². The van der Waals surface area contributed by atoms with E-state index < -0.39 is 0 Å². The molecule has 174 valence electrons. The van der Waals surface area contributed by atoms with E-state index in [-0.39, 0.29) is 0 Å². The van der Waals surface area contributed by atoms with E-state index in [1.165, 1.54) is 0 Å². The number of ether oxygens (including phenoxy) is 6. The third-order valence-corrected chi connectivity index (χ3v) is 4.67. The maximum Gasteiger partial charge on any atom is 0.118 e. The van der Waals surface area contributed by atoms with Gasteiger partial charge < -0.3 is 28.4 Å². The Morgan fingerprint density at radius 2 is 0.906 bits per heavy atom. The van der Waals surface area contributed by atoms with Crippen LogP contribution < -0.4 is 9.47 Å². The molecule has 0 fully saturated rings. The van der Waals surface area contributed by atoms with Gasteiger partial charge in [0.2, 0.25) is 0 Å². The minimum atomic E-state index is 0.492. The van der Waals surface area contributed by atoms with Gasteiger partial charge in [-0.3, -0.25) is 0 Å². The molecule has 0 unspecified atom stereocenters. The van der Waals surface area contributed by atoms with Crippen molar-refractivity contribution in [1.29, 1.82) is 0 Å². The Labute approximate surface area is 191 Å². The molecule has 0 radical (unpaired) electrons. The molecule has 2 aromatic carbocycles. The summed E-state index contributed by atoms with van der Waals surface area (Å²) in [5, 5.41) is 0.